The standard InChI is InChI=1S/C25H38O5/c1-22-10-11-25(29-12-13-30-25)14-16(22)6-7-17-18-8-9-20(24(3,27-4)28-5)23(18,2)15-19(26)21(17)22/h6,17-18,20-21H,7-15H2,1-5H3. The van der Waals surface area contributed by atoms with Crippen LogP contribution in [0.15, 0.2) is 11.6 Å². The highest BCUT2D eigenvalue weighted by molar-refractivity contribution is 5.85. The Hall–Kier alpha value is -0.750. The Kier molecular flexibility index (Phi) is 4.84. The summed E-state index contributed by atoms with van der Waals surface area (Å²) in [5, 5.41) is 0. The first-order chi connectivity index (χ1) is 14.2. The van der Waals surface area contributed by atoms with Gasteiger partial charge in [-0.1, -0.05) is 25.5 Å². The van der Waals surface area contributed by atoms with Crippen molar-refractivity contribution in [1.82, 2.24) is 0 Å². The zero-order valence-electron chi connectivity index (χ0n) is 19.3. The first kappa shape index (κ1) is 21.1. The van der Waals surface area contributed by atoms with Gasteiger partial charge < -0.3 is 18.9 Å². The van der Waals surface area contributed by atoms with Crippen LogP contribution in [-0.4, -0.2) is 44.8 Å². The number of methoxy groups -OCH3 is 2. The van der Waals surface area contributed by atoms with E-state index in [1.165, 1.54) is 5.57 Å². The number of ketones is 1. The van der Waals surface area contributed by atoms with Gasteiger partial charge >= 0.3 is 0 Å². The van der Waals surface area contributed by atoms with Gasteiger partial charge in [-0.3, -0.25) is 4.79 Å². The molecular weight excluding hydrogens is 380 g/mol. The van der Waals surface area contributed by atoms with E-state index < -0.39 is 11.6 Å². The number of ether oxygens (including phenoxy) is 4. The van der Waals surface area contributed by atoms with Crippen LogP contribution in [0.25, 0.3) is 0 Å². The van der Waals surface area contributed by atoms with Crippen molar-refractivity contribution >= 4 is 5.78 Å². The van der Waals surface area contributed by atoms with E-state index in [2.05, 4.69) is 19.9 Å². The molecule has 3 saturated carbocycles. The van der Waals surface area contributed by atoms with Gasteiger partial charge in [0.25, 0.3) is 0 Å². The van der Waals surface area contributed by atoms with Crippen LogP contribution in [0.4, 0.5) is 0 Å². The number of carbonyl (C=O) groups excluding carboxylic acids is 1. The summed E-state index contributed by atoms with van der Waals surface area (Å²) in [5.74, 6) is 0.725. The van der Waals surface area contributed by atoms with Crippen LogP contribution in [0.5, 0.6) is 0 Å². The summed E-state index contributed by atoms with van der Waals surface area (Å²) in [6.45, 7) is 8.10. The maximum atomic E-state index is 13.8. The molecule has 5 nitrogen and oxygen atoms in total. The lowest BCUT2D eigenvalue weighted by molar-refractivity contribution is -0.250. The molecule has 168 valence electrons. The molecule has 0 aromatic carbocycles. The van der Waals surface area contributed by atoms with E-state index >= 15 is 0 Å². The molecule has 1 saturated heterocycles. The molecule has 0 aromatic rings. The maximum absolute atomic E-state index is 13.8. The van der Waals surface area contributed by atoms with Gasteiger partial charge in [0.2, 0.25) is 0 Å². The summed E-state index contributed by atoms with van der Waals surface area (Å²) >= 11 is 0. The molecule has 1 heterocycles. The number of carbonyl (C=O) groups is 1. The number of fused-ring (bicyclic) bond motifs is 5. The molecule has 0 radical (unpaired) electrons. The van der Waals surface area contributed by atoms with E-state index in [4.69, 9.17) is 18.9 Å². The first-order valence-electron chi connectivity index (χ1n) is 11.8. The fraction of sp³-hybridized carbons (Fsp3) is 0.880. The number of Topliss-reactive ketones (excluding diaryl/α,β-unsaturated/α-hetero) is 1. The minimum absolute atomic E-state index is 0.0498. The molecular formula is C25H38O5. The SMILES string of the molecule is COC(C)(OC)C1CCC2C3CC=C4CC5(CCC4(C)C3C(=O)CC21C)OCCO5. The molecule has 1 aliphatic heterocycles. The van der Waals surface area contributed by atoms with Crippen molar-refractivity contribution in [2.75, 3.05) is 27.4 Å². The Balaban J connectivity index is 1.47. The van der Waals surface area contributed by atoms with Crippen LogP contribution in [-0.2, 0) is 23.7 Å². The molecule has 0 bridgehead atoms. The second-order valence-corrected chi connectivity index (χ2v) is 11.1. The average Bonchev–Trinajstić information content (AvgIpc) is 3.32. The third-order valence-electron chi connectivity index (χ3n) is 10.1. The van der Waals surface area contributed by atoms with Gasteiger partial charge in [0, 0.05) is 45.3 Å². The molecule has 0 aromatic heterocycles. The van der Waals surface area contributed by atoms with Crippen LogP contribution in [0, 0.1) is 34.5 Å². The lowest BCUT2D eigenvalue weighted by Gasteiger charge is -2.58. The zero-order chi connectivity index (χ0) is 21.4. The van der Waals surface area contributed by atoms with E-state index in [1.807, 2.05) is 6.92 Å². The molecule has 4 aliphatic carbocycles. The second-order valence-electron chi connectivity index (χ2n) is 11.1. The fourth-order valence-corrected chi connectivity index (χ4v) is 8.41. The van der Waals surface area contributed by atoms with E-state index in [0.29, 0.717) is 37.3 Å². The van der Waals surface area contributed by atoms with Crippen molar-refractivity contribution in [3.05, 3.63) is 11.6 Å². The van der Waals surface area contributed by atoms with Gasteiger partial charge in [0.05, 0.1) is 13.2 Å². The second kappa shape index (κ2) is 6.87. The predicted molar refractivity (Wildman–Crippen MR) is 113 cm³/mol. The third kappa shape index (κ3) is 2.71. The highest BCUT2D eigenvalue weighted by Crippen LogP contribution is 2.67. The lowest BCUT2D eigenvalue weighted by atomic mass is 9.46. The largest absolute Gasteiger partial charge is 0.353 e. The predicted octanol–water partition coefficient (Wildman–Crippen LogP) is 4.50. The van der Waals surface area contributed by atoms with Crippen molar-refractivity contribution in [2.45, 2.75) is 77.3 Å². The quantitative estimate of drug-likeness (QED) is 0.499. The Morgan fingerprint density at radius 3 is 2.43 bits per heavy atom. The van der Waals surface area contributed by atoms with Gasteiger partial charge in [-0.15, -0.1) is 0 Å². The van der Waals surface area contributed by atoms with Crippen molar-refractivity contribution < 1.29 is 23.7 Å². The summed E-state index contributed by atoms with van der Waals surface area (Å²) in [4.78, 5) is 13.8. The molecule has 4 fully saturated rings. The van der Waals surface area contributed by atoms with Crippen LogP contribution < -0.4 is 0 Å². The summed E-state index contributed by atoms with van der Waals surface area (Å²) in [7, 11) is 3.46. The lowest BCUT2D eigenvalue weighted by Crippen LogP contribution is -2.58. The Morgan fingerprint density at radius 1 is 1.07 bits per heavy atom. The highest BCUT2D eigenvalue weighted by atomic mass is 16.7. The summed E-state index contributed by atoms with van der Waals surface area (Å²) in [6.07, 6.45) is 9.02. The zero-order valence-corrected chi connectivity index (χ0v) is 19.3. The monoisotopic (exact) mass is 418 g/mol. The number of hydrogen-bond acceptors (Lipinski definition) is 5. The number of allylic oxidation sites excluding steroid dienone is 1. The van der Waals surface area contributed by atoms with Gasteiger partial charge in [-0.05, 0) is 55.3 Å². The molecule has 6 atom stereocenters. The van der Waals surface area contributed by atoms with E-state index in [-0.39, 0.29) is 22.7 Å². The molecule has 1 spiro atoms. The number of hydrogen-bond donors (Lipinski definition) is 0. The average molecular weight is 419 g/mol. The smallest absolute Gasteiger partial charge is 0.172 e. The van der Waals surface area contributed by atoms with Gasteiger partial charge in [0.1, 0.15) is 5.78 Å². The molecule has 6 unspecified atom stereocenters. The molecule has 5 rings (SSSR count). The fourth-order valence-electron chi connectivity index (χ4n) is 8.41. The topological polar surface area (TPSA) is 54.0 Å². The molecule has 30 heavy (non-hydrogen) atoms. The summed E-state index contributed by atoms with van der Waals surface area (Å²) in [5.41, 5.74) is 1.29. The van der Waals surface area contributed by atoms with Crippen LogP contribution in [0.1, 0.15) is 65.7 Å². The minimum Gasteiger partial charge on any atom is -0.353 e. The summed E-state index contributed by atoms with van der Waals surface area (Å²) < 4.78 is 23.7. The molecule has 5 heteroatoms. The van der Waals surface area contributed by atoms with Crippen LogP contribution >= 0.6 is 0 Å². The van der Waals surface area contributed by atoms with E-state index in [1.54, 1.807) is 14.2 Å². The van der Waals surface area contributed by atoms with E-state index in [9.17, 15) is 4.79 Å². The molecule has 0 amide bonds. The van der Waals surface area contributed by atoms with Gasteiger partial charge in [-0.25, -0.2) is 0 Å². The molecule has 5 aliphatic rings. The molecule has 0 N–H and O–H groups in total. The van der Waals surface area contributed by atoms with E-state index in [0.717, 1.165) is 38.5 Å². The highest BCUT2D eigenvalue weighted by Gasteiger charge is 2.65. The third-order valence-corrected chi connectivity index (χ3v) is 10.1. The first-order valence-corrected chi connectivity index (χ1v) is 11.8. The van der Waals surface area contributed by atoms with Crippen molar-refractivity contribution in [2.24, 2.45) is 34.5 Å². The van der Waals surface area contributed by atoms with Crippen molar-refractivity contribution in [3.8, 4) is 0 Å². The minimum atomic E-state index is -0.634. The van der Waals surface area contributed by atoms with Crippen molar-refractivity contribution in [3.63, 3.8) is 0 Å². The van der Waals surface area contributed by atoms with Crippen LogP contribution in [0.2, 0.25) is 0 Å². The van der Waals surface area contributed by atoms with Gasteiger partial charge in [0.15, 0.2) is 11.6 Å². The Labute approximate surface area is 180 Å². The Bertz CT molecular complexity index is 749. The maximum Gasteiger partial charge on any atom is 0.172 e. The summed E-state index contributed by atoms with van der Waals surface area (Å²) in [6, 6.07) is 0. The van der Waals surface area contributed by atoms with Crippen LogP contribution in [0.3, 0.4) is 0 Å². The Morgan fingerprint density at radius 2 is 1.77 bits per heavy atom. The van der Waals surface area contributed by atoms with Crippen molar-refractivity contribution in [1.29, 1.82) is 0 Å². The van der Waals surface area contributed by atoms with Gasteiger partial charge in [-0.2, -0.15) is 0 Å². The number of rotatable bonds is 3. The normalized spacial score (nSPS) is 45.1.